The van der Waals surface area contributed by atoms with E-state index < -0.39 is 0 Å². The Morgan fingerprint density at radius 1 is 1.36 bits per heavy atom. The van der Waals surface area contributed by atoms with Gasteiger partial charge in [0, 0.05) is 6.04 Å². The van der Waals surface area contributed by atoms with Gasteiger partial charge >= 0.3 is 0 Å². The lowest BCUT2D eigenvalue weighted by Gasteiger charge is -2.17. The van der Waals surface area contributed by atoms with Gasteiger partial charge in [0.2, 0.25) is 0 Å². The highest BCUT2D eigenvalue weighted by Gasteiger charge is 2.16. The van der Waals surface area contributed by atoms with Gasteiger partial charge < -0.3 is 4.90 Å². The first-order valence-electron chi connectivity index (χ1n) is 4.58. The van der Waals surface area contributed by atoms with E-state index in [0.29, 0.717) is 0 Å². The van der Waals surface area contributed by atoms with Gasteiger partial charge in [-0.15, -0.1) is 0 Å². The molecule has 0 saturated carbocycles. The fourth-order valence-electron chi connectivity index (χ4n) is 1.46. The molecule has 0 aromatic heterocycles. The summed E-state index contributed by atoms with van der Waals surface area (Å²) in [6.45, 7) is 11.1. The summed E-state index contributed by atoms with van der Waals surface area (Å²) in [6, 6.07) is 0.861. The van der Waals surface area contributed by atoms with Gasteiger partial charge in [-0.05, 0) is 32.9 Å². The maximum absolute atomic E-state index is 2.53. The molecule has 0 bridgehead atoms. The van der Waals surface area contributed by atoms with Crippen molar-refractivity contribution in [2.45, 2.75) is 54.0 Å². The minimum absolute atomic E-state index is 0. The first-order chi connectivity index (χ1) is 4.84. The van der Waals surface area contributed by atoms with Gasteiger partial charge in [0.05, 0.1) is 0 Å². The molecule has 1 unspecified atom stereocenters. The molecule has 1 aliphatic heterocycles. The fraction of sp³-hybridized carbons (Fsp3) is 1.00. The predicted octanol–water partition coefficient (Wildman–Crippen LogP) is 3.15. The smallest absolute Gasteiger partial charge is 0.00672 e. The zero-order valence-electron chi connectivity index (χ0n) is 7.85. The summed E-state index contributed by atoms with van der Waals surface area (Å²) in [7, 11) is 0. The molecule has 0 aromatic rings. The maximum Gasteiger partial charge on any atom is 0.00672 e. The predicted molar refractivity (Wildman–Crippen MR) is 54.0 cm³/mol. The highest BCUT2D eigenvalue weighted by atomic mass is 15.2. The summed E-state index contributed by atoms with van der Waals surface area (Å²) in [4.78, 5) is 2.53. The molecule has 0 spiro atoms. The second-order valence-electron chi connectivity index (χ2n) is 2.62. The summed E-state index contributed by atoms with van der Waals surface area (Å²) in [6.07, 6.45) is 2.82. The second kappa shape index (κ2) is 8.06. The number of rotatable bonds is 1. The fourth-order valence-corrected chi connectivity index (χ4v) is 1.46. The van der Waals surface area contributed by atoms with Crippen molar-refractivity contribution >= 4 is 0 Å². The Kier molecular flexibility index (Phi) is 9.92. The third-order valence-corrected chi connectivity index (χ3v) is 2.10. The standard InChI is InChI=1S/C7H15N.C2H6.CH4/c1-3-8-6-4-5-7(8)2;1-2;/h7H,3-6H2,1-2H3;1-2H3;1H4. The third-order valence-electron chi connectivity index (χ3n) is 2.10. The highest BCUT2D eigenvalue weighted by Crippen LogP contribution is 2.14. The lowest BCUT2D eigenvalue weighted by Crippen LogP contribution is -2.25. The Morgan fingerprint density at radius 3 is 2.09 bits per heavy atom. The lowest BCUT2D eigenvalue weighted by atomic mass is 10.2. The number of hydrogen-bond acceptors (Lipinski definition) is 1. The molecule has 1 nitrogen and oxygen atoms in total. The van der Waals surface area contributed by atoms with E-state index in [1.807, 2.05) is 13.8 Å². The van der Waals surface area contributed by atoms with Crippen LogP contribution in [0.1, 0.15) is 48.0 Å². The van der Waals surface area contributed by atoms with Crippen molar-refractivity contribution in [2.24, 2.45) is 0 Å². The Morgan fingerprint density at radius 2 is 1.91 bits per heavy atom. The van der Waals surface area contributed by atoms with Gasteiger partial charge in [-0.25, -0.2) is 0 Å². The van der Waals surface area contributed by atoms with Crippen LogP contribution in [0.2, 0.25) is 0 Å². The minimum atomic E-state index is 0. The van der Waals surface area contributed by atoms with Crippen molar-refractivity contribution in [3.63, 3.8) is 0 Å². The molecule has 70 valence electrons. The lowest BCUT2D eigenvalue weighted by molar-refractivity contribution is 0.284. The van der Waals surface area contributed by atoms with Gasteiger partial charge in [0.15, 0.2) is 0 Å². The Bertz CT molecular complexity index is 71.3. The van der Waals surface area contributed by atoms with Gasteiger partial charge in [-0.3, -0.25) is 0 Å². The van der Waals surface area contributed by atoms with E-state index in [2.05, 4.69) is 18.7 Å². The number of likely N-dealkylation sites (tertiary alicyclic amines) is 1. The Hall–Kier alpha value is -0.0400. The molecule has 1 heteroatoms. The highest BCUT2D eigenvalue weighted by molar-refractivity contribution is 4.72. The molecule has 1 atom stereocenters. The first-order valence-corrected chi connectivity index (χ1v) is 4.58. The topological polar surface area (TPSA) is 3.24 Å². The van der Waals surface area contributed by atoms with Crippen LogP contribution in [0.4, 0.5) is 0 Å². The van der Waals surface area contributed by atoms with Crippen molar-refractivity contribution < 1.29 is 0 Å². The van der Waals surface area contributed by atoms with E-state index in [0.717, 1.165) is 6.04 Å². The van der Waals surface area contributed by atoms with Crippen LogP contribution >= 0.6 is 0 Å². The average Bonchev–Trinajstić information content (AvgIpc) is 2.39. The van der Waals surface area contributed by atoms with Crippen molar-refractivity contribution in [3.8, 4) is 0 Å². The Balaban J connectivity index is 0. The van der Waals surface area contributed by atoms with Gasteiger partial charge in [-0.2, -0.15) is 0 Å². The summed E-state index contributed by atoms with van der Waals surface area (Å²) < 4.78 is 0. The third kappa shape index (κ3) is 4.41. The maximum atomic E-state index is 2.53. The van der Waals surface area contributed by atoms with Gasteiger partial charge in [0.1, 0.15) is 0 Å². The van der Waals surface area contributed by atoms with Crippen LogP contribution in [0.25, 0.3) is 0 Å². The number of hydrogen-bond donors (Lipinski definition) is 0. The van der Waals surface area contributed by atoms with Crippen LogP contribution in [0.3, 0.4) is 0 Å². The number of nitrogens with zero attached hydrogens (tertiary/aromatic N) is 1. The molecule has 1 saturated heterocycles. The van der Waals surface area contributed by atoms with E-state index in [1.165, 1.54) is 25.9 Å². The molecule has 1 aliphatic rings. The summed E-state index contributed by atoms with van der Waals surface area (Å²) in [5, 5.41) is 0. The van der Waals surface area contributed by atoms with E-state index in [-0.39, 0.29) is 7.43 Å². The first kappa shape index (κ1) is 13.5. The van der Waals surface area contributed by atoms with E-state index in [9.17, 15) is 0 Å². The minimum Gasteiger partial charge on any atom is -0.301 e. The molecular weight excluding hydrogens is 134 g/mol. The molecule has 11 heavy (non-hydrogen) atoms. The van der Waals surface area contributed by atoms with Crippen molar-refractivity contribution in [3.05, 3.63) is 0 Å². The zero-order valence-corrected chi connectivity index (χ0v) is 7.85. The van der Waals surface area contributed by atoms with Crippen molar-refractivity contribution in [1.29, 1.82) is 0 Å². The molecular formula is C10H25N. The van der Waals surface area contributed by atoms with Crippen LogP contribution in [-0.4, -0.2) is 24.0 Å². The molecule has 1 rings (SSSR count). The van der Waals surface area contributed by atoms with Crippen LogP contribution in [0.15, 0.2) is 0 Å². The summed E-state index contributed by atoms with van der Waals surface area (Å²) in [5.41, 5.74) is 0. The van der Waals surface area contributed by atoms with Gasteiger partial charge in [0.25, 0.3) is 0 Å². The molecule has 0 amide bonds. The van der Waals surface area contributed by atoms with Crippen molar-refractivity contribution in [1.82, 2.24) is 4.90 Å². The summed E-state index contributed by atoms with van der Waals surface area (Å²) in [5.74, 6) is 0. The molecule has 1 heterocycles. The van der Waals surface area contributed by atoms with Crippen molar-refractivity contribution in [2.75, 3.05) is 13.1 Å². The molecule has 0 radical (unpaired) electrons. The molecule has 1 fully saturated rings. The second-order valence-corrected chi connectivity index (χ2v) is 2.62. The summed E-state index contributed by atoms with van der Waals surface area (Å²) >= 11 is 0. The molecule has 0 aromatic carbocycles. The monoisotopic (exact) mass is 159 g/mol. The average molecular weight is 159 g/mol. The van der Waals surface area contributed by atoms with E-state index in [4.69, 9.17) is 0 Å². The van der Waals surface area contributed by atoms with Crippen LogP contribution in [0, 0.1) is 0 Å². The quantitative estimate of drug-likeness (QED) is 0.568. The van der Waals surface area contributed by atoms with E-state index >= 15 is 0 Å². The van der Waals surface area contributed by atoms with Crippen LogP contribution in [0.5, 0.6) is 0 Å². The molecule has 0 aliphatic carbocycles. The SMILES string of the molecule is C.CC.CCN1CCCC1C. The Labute approximate surface area is 72.8 Å². The van der Waals surface area contributed by atoms with Gasteiger partial charge in [-0.1, -0.05) is 28.2 Å². The molecule has 0 N–H and O–H groups in total. The van der Waals surface area contributed by atoms with E-state index in [1.54, 1.807) is 0 Å². The van der Waals surface area contributed by atoms with Crippen LogP contribution < -0.4 is 0 Å². The normalized spacial score (nSPS) is 23.5. The largest absolute Gasteiger partial charge is 0.301 e. The van der Waals surface area contributed by atoms with Crippen LogP contribution in [-0.2, 0) is 0 Å². The zero-order chi connectivity index (χ0) is 7.98.